The van der Waals surface area contributed by atoms with Crippen LogP contribution >= 0.6 is 11.6 Å². The van der Waals surface area contributed by atoms with E-state index in [0.717, 1.165) is 0 Å². The van der Waals surface area contributed by atoms with Crippen molar-refractivity contribution in [1.82, 2.24) is 9.88 Å². The molecule has 2 aromatic carbocycles. The number of carbonyl (C=O) groups is 1. The average molecular weight is 555 g/mol. The third-order valence-electron chi connectivity index (χ3n) is 6.82. The summed E-state index contributed by atoms with van der Waals surface area (Å²) in [6.45, 7) is 4.93. The first kappa shape index (κ1) is 28.2. The normalized spacial score (nSPS) is 16.5. The van der Waals surface area contributed by atoms with Gasteiger partial charge in [-0.3, -0.25) is 9.69 Å². The maximum Gasteiger partial charge on any atom is 0.237 e. The first-order chi connectivity index (χ1) is 18.4. The number of methoxy groups -OCH3 is 1. The van der Waals surface area contributed by atoms with Crippen LogP contribution in [0.4, 0.5) is 15.8 Å². The summed E-state index contributed by atoms with van der Waals surface area (Å²) in [5, 5.41) is 22.0. The Labute approximate surface area is 232 Å². The summed E-state index contributed by atoms with van der Waals surface area (Å²) in [7, 11) is 5.16. The molecule has 0 aliphatic carbocycles. The monoisotopic (exact) mass is 554 g/mol. The van der Waals surface area contributed by atoms with Gasteiger partial charge in [-0.05, 0) is 35.9 Å². The summed E-state index contributed by atoms with van der Waals surface area (Å²) in [5.74, 6) is -0.346. The number of pyridine rings is 1. The molecule has 1 amide bonds. The van der Waals surface area contributed by atoms with Gasteiger partial charge in [-0.15, -0.1) is 0 Å². The lowest BCUT2D eigenvalue weighted by Gasteiger charge is -2.23. The second-order valence-electron chi connectivity index (χ2n) is 10.4. The minimum atomic E-state index is -0.559. The van der Waals surface area contributed by atoms with Crippen molar-refractivity contribution in [2.45, 2.75) is 20.0 Å². The predicted molar refractivity (Wildman–Crippen MR) is 152 cm³/mol. The van der Waals surface area contributed by atoms with Gasteiger partial charge in [-0.1, -0.05) is 31.5 Å². The van der Waals surface area contributed by atoms with Crippen LogP contribution in [0.5, 0.6) is 11.6 Å². The number of phenolic OH excluding ortho intramolecular Hbond substituents is 1. The van der Waals surface area contributed by atoms with Crippen LogP contribution in [-0.2, 0) is 4.79 Å². The highest BCUT2D eigenvalue weighted by atomic mass is 35.5. The summed E-state index contributed by atoms with van der Waals surface area (Å²) < 4.78 is 20.4. The zero-order valence-corrected chi connectivity index (χ0v) is 23.3. The van der Waals surface area contributed by atoms with E-state index in [1.807, 2.05) is 32.8 Å². The third kappa shape index (κ3) is 5.79. The Kier molecular flexibility index (Phi) is 8.04. The average Bonchev–Trinajstić information content (AvgIpc) is 3.17. The fourth-order valence-electron chi connectivity index (χ4n) is 4.57. The molecule has 0 bridgehead atoms. The standard InChI is InChI=1S/C29H32ClFN4O4/c1-29(2)16-35(15-26(29)37)25-11-19(14-32-28(25)39-5)22-13-20(31)12-21(27(22)38)18-6-7-24(23(30)10-18)34(17-36)9-8-33(3)4/h6-14,17,26,37-38H,15-16H2,1-5H3/b9-8-. The van der Waals surface area contributed by atoms with E-state index in [0.29, 0.717) is 47.9 Å². The van der Waals surface area contributed by atoms with E-state index in [-0.39, 0.29) is 27.3 Å². The second-order valence-corrected chi connectivity index (χ2v) is 10.8. The highest BCUT2D eigenvalue weighted by Gasteiger charge is 2.39. The molecular weight excluding hydrogens is 523 g/mol. The molecule has 0 spiro atoms. The molecule has 1 unspecified atom stereocenters. The third-order valence-corrected chi connectivity index (χ3v) is 7.12. The van der Waals surface area contributed by atoms with Crippen LogP contribution in [0, 0.1) is 11.2 Å². The molecule has 1 saturated heterocycles. The molecule has 10 heteroatoms. The fraction of sp³-hybridized carbons (Fsp3) is 0.310. The van der Waals surface area contributed by atoms with Gasteiger partial charge in [-0.2, -0.15) is 0 Å². The van der Waals surface area contributed by atoms with Crippen LogP contribution in [0.2, 0.25) is 5.02 Å². The number of aliphatic hydroxyl groups excluding tert-OH is 1. The number of phenols is 1. The summed E-state index contributed by atoms with van der Waals surface area (Å²) in [4.78, 5) is 21.1. The fourth-order valence-corrected chi connectivity index (χ4v) is 4.85. The topological polar surface area (TPSA) is 89.4 Å². The Morgan fingerprint density at radius 1 is 1.15 bits per heavy atom. The number of benzene rings is 2. The van der Waals surface area contributed by atoms with Crippen molar-refractivity contribution in [1.29, 1.82) is 0 Å². The van der Waals surface area contributed by atoms with Crippen molar-refractivity contribution in [2.24, 2.45) is 5.41 Å². The van der Waals surface area contributed by atoms with Crippen LogP contribution < -0.4 is 14.5 Å². The summed E-state index contributed by atoms with van der Waals surface area (Å²) in [6, 6.07) is 9.10. The van der Waals surface area contributed by atoms with Crippen molar-refractivity contribution < 1.29 is 24.1 Å². The lowest BCUT2D eigenvalue weighted by molar-refractivity contribution is -0.106. The highest BCUT2D eigenvalue weighted by Crippen LogP contribution is 2.43. The van der Waals surface area contributed by atoms with Gasteiger partial charge in [0.05, 0.1) is 23.9 Å². The number of hydrogen-bond donors (Lipinski definition) is 2. The van der Waals surface area contributed by atoms with E-state index in [9.17, 15) is 19.4 Å². The number of halogens is 2. The minimum absolute atomic E-state index is 0.153. The van der Waals surface area contributed by atoms with Crippen LogP contribution in [0.15, 0.2) is 55.0 Å². The number of aliphatic hydroxyl groups is 1. The quantitative estimate of drug-likeness (QED) is 0.373. The van der Waals surface area contributed by atoms with Crippen LogP contribution in [-0.4, -0.2) is 66.9 Å². The molecule has 8 nitrogen and oxygen atoms in total. The SMILES string of the molecule is COc1ncc(-c2cc(F)cc(-c3ccc(N(C=O)/C=C\N(C)C)c(Cl)c3)c2O)cc1N1CC(O)C(C)(C)C1. The first-order valence-corrected chi connectivity index (χ1v) is 12.7. The molecule has 2 N–H and O–H groups in total. The van der Waals surface area contributed by atoms with Crippen LogP contribution in [0.1, 0.15) is 13.8 Å². The number of aromatic hydroxyl groups is 1. The molecule has 0 saturated carbocycles. The number of nitrogens with zero attached hydrogens (tertiary/aromatic N) is 4. The Bertz CT molecular complexity index is 1410. The Balaban J connectivity index is 1.75. The maximum absolute atomic E-state index is 14.9. The summed E-state index contributed by atoms with van der Waals surface area (Å²) in [6.07, 6.45) is 4.87. The van der Waals surface area contributed by atoms with Crippen LogP contribution in [0.25, 0.3) is 22.3 Å². The van der Waals surface area contributed by atoms with Gasteiger partial charge in [0.15, 0.2) is 0 Å². The predicted octanol–water partition coefficient (Wildman–Crippen LogP) is 5.13. The van der Waals surface area contributed by atoms with E-state index in [1.54, 1.807) is 41.6 Å². The first-order valence-electron chi connectivity index (χ1n) is 12.3. The molecule has 3 aromatic rings. The molecule has 2 heterocycles. The van der Waals surface area contributed by atoms with E-state index in [1.165, 1.54) is 30.3 Å². The zero-order chi connectivity index (χ0) is 28.5. The zero-order valence-electron chi connectivity index (χ0n) is 22.5. The number of anilines is 2. The molecule has 0 radical (unpaired) electrons. The minimum Gasteiger partial charge on any atom is -0.507 e. The van der Waals surface area contributed by atoms with E-state index >= 15 is 0 Å². The Morgan fingerprint density at radius 3 is 2.41 bits per heavy atom. The number of aromatic nitrogens is 1. The number of β-amino-alcohol motifs (C(OH)–C–C–N with tert-alkyl or cyclic N) is 1. The van der Waals surface area contributed by atoms with Gasteiger partial charge in [0, 0.05) is 67.9 Å². The van der Waals surface area contributed by atoms with Gasteiger partial charge in [0.1, 0.15) is 17.3 Å². The second kappa shape index (κ2) is 11.1. The molecule has 39 heavy (non-hydrogen) atoms. The van der Waals surface area contributed by atoms with Gasteiger partial charge in [0.2, 0.25) is 12.3 Å². The largest absolute Gasteiger partial charge is 0.507 e. The molecule has 1 atom stereocenters. The number of hydrogen-bond acceptors (Lipinski definition) is 7. The van der Waals surface area contributed by atoms with Crippen molar-refractivity contribution in [3.05, 3.63) is 65.8 Å². The molecule has 1 aliphatic rings. The van der Waals surface area contributed by atoms with Gasteiger partial charge in [-0.25, -0.2) is 9.37 Å². The van der Waals surface area contributed by atoms with Gasteiger partial charge < -0.3 is 24.7 Å². The maximum atomic E-state index is 14.9. The van der Waals surface area contributed by atoms with E-state index in [4.69, 9.17) is 16.3 Å². The molecule has 4 rings (SSSR count). The molecular formula is C29H32ClFN4O4. The molecule has 1 aromatic heterocycles. The van der Waals surface area contributed by atoms with Crippen molar-refractivity contribution in [2.75, 3.05) is 44.1 Å². The number of amides is 1. The van der Waals surface area contributed by atoms with E-state index in [2.05, 4.69) is 4.98 Å². The van der Waals surface area contributed by atoms with Crippen molar-refractivity contribution >= 4 is 29.4 Å². The van der Waals surface area contributed by atoms with Crippen molar-refractivity contribution in [3.8, 4) is 33.9 Å². The Hall–Kier alpha value is -3.82. The molecule has 206 valence electrons. The summed E-state index contributed by atoms with van der Waals surface area (Å²) >= 11 is 6.51. The van der Waals surface area contributed by atoms with Crippen molar-refractivity contribution in [3.63, 3.8) is 0 Å². The number of ether oxygens (including phenoxy) is 1. The lowest BCUT2D eigenvalue weighted by atomic mass is 9.90. The lowest BCUT2D eigenvalue weighted by Crippen LogP contribution is -2.26. The summed E-state index contributed by atoms with van der Waals surface area (Å²) in [5.41, 5.74) is 2.16. The van der Waals surface area contributed by atoms with Gasteiger partial charge >= 0.3 is 0 Å². The highest BCUT2D eigenvalue weighted by molar-refractivity contribution is 6.34. The smallest absolute Gasteiger partial charge is 0.237 e. The number of carbonyl (C=O) groups excluding carboxylic acids is 1. The van der Waals surface area contributed by atoms with Gasteiger partial charge in [0.25, 0.3) is 0 Å². The van der Waals surface area contributed by atoms with E-state index < -0.39 is 11.9 Å². The molecule has 1 aliphatic heterocycles. The Morgan fingerprint density at radius 2 is 1.85 bits per heavy atom. The number of rotatable bonds is 8. The molecule has 1 fully saturated rings. The van der Waals surface area contributed by atoms with Crippen LogP contribution in [0.3, 0.4) is 0 Å².